The number of rotatable bonds is 2. The van der Waals surface area contributed by atoms with Crippen LogP contribution >= 0.6 is 15.9 Å². The van der Waals surface area contributed by atoms with Gasteiger partial charge in [-0.15, -0.1) is 0 Å². The highest BCUT2D eigenvalue weighted by atomic mass is 79.9. The van der Waals surface area contributed by atoms with E-state index in [1.54, 1.807) is 0 Å². The van der Waals surface area contributed by atoms with Gasteiger partial charge in [0.25, 0.3) is 0 Å². The zero-order chi connectivity index (χ0) is 12.6. The molecule has 17 heavy (non-hydrogen) atoms. The molecular formula is C10H4BrF2NO3. The Labute approximate surface area is 102 Å². The molecule has 0 bridgehead atoms. The predicted molar refractivity (Wildman–Crippen MR) is 56.5 cm³/mol. The fourth-order valence-electron chi connectivity index (χ4n) is 1.21. The molecule has 0 aliphatic rings. The van der Waals surface area contributed by atoms with E-state index in [4.69, 9.17) is 9.63 Å². The lowest BCUT2D eigenvalue weighted by Crippen LogP contribution is -1.94. The molecule has 0 amide bonds. The molecule has 0 aliphatic carbocycles. The van der Waals surface area contributed by atoms with Crippen LogP contribution in [0.25, 0.3) is 11.3 Å². The van der Waals surface area contributed by atoms with Crippen molar-refractivity contribution < 1.29 is 23.2 Å². The molecule has 0 saturated heterocycles. The summed E-state index contributed by atoms with van der Waals surface area (Å²) in [5.41, 5.74) is -0.114. The fourth-order valence-corrected chi connectivity index (χ4v) is 1.65. The first-order valence-electron chi connectivity index (χ1n) is 4.34. The van der Waals surface area contributed by atoms with Crippen LogP contribution in [0.1, 0.15) is 10.5 Å². The second kappa shape index (κ2) is 4.25. The number of benzene rings is 1. The monoisotopic (exact) mass is 303 g/mol. The van der Waals surface area contributed by atoms with Crippen molar-refractivity contribution in [1.82, 2.24) is 5.16 Å². The van der Waals surface area contributed by atoms with Crippen LogP contribution in [0.15, 0.2) is 27.2 Å². The van der Waals surface area contributed by atoms with E-state index in [9.17, 15) is 13.6 Å². The lowest BCUT2D eigenvalue weighted by atomic mass is 10.1. The molecule has 88 valence electrons. The smallest absolute Gasteiger partial charge is 0.358 e. The summed E-state index contributed by atoms with van der Waals surface area (Å²) in [6.07, 6.45) is 0. The van der Waals surface area contributed by atoms with Crippen LogP contribution in [-0.2, 0) is 0 Å². The van der Waals surface area contributed by atoms with Gasteiger partial charge in [-0.2, -0.15) is 0 Å². The Kier molecular flexibility index (Phi) is 2.93. The number of carboxylic acids is 1. The molecule has 0 aliphatic heterocycles. The average molecular weight is 304 g/mol. The molecule has 7 heteroatoms. The van der Waals surface area contributed by atoms with E-state index in [2.05, 4.69) is 21.1 Å². The third-order valence-electron chi connectivity index (χ3n) is 2.00. The highest BCUT2D eigenvalue weighted by molar-refractivity contribution is 9.10. The number of aromatic carboxylic acids is 1. The lowest BCUT2D eigenvalue weighted by molar-refractivity contribution is 0.0686. The Hall–Kier alpha value is -1.76. The van der Waals surface area contributed by atoms with Crippen molar-refractivity contribution in [3.05, 3.63) is 40.0 Å². The Balaban J connectivity index is 2.49. The van der Waals surface area contributed by atoms with Gasteiger partial charge in [0.2, 0.25) is 0 Å². The maximum Gasteiger partial charge on any atom is 0.358 e. The molecule has 0 atom stereocenters. The predicted octanol–water partition coefficient (Wildman–Crippen LogP) is 3.08. The quantitative estimate of drug-likeness (QED) is 0.866. The van der Waals surface area contributed by atoms with E-state index in [-0.39, 0.29) is 21.5 Å². The minimum Gasteiger partial charge on any atom is -0.476 e. The summed E-state index contributed by atoms with van der Waals surface area (Å²) >= 11 is 2.84. The van der Waals surface area contributed by atoms with Gasteiger partial charge in [-0.25, -0.2) is 13.6 Å². The summed E-state index contributed by atoms with van der Waals surface area (Å²) in [5.74, 6) is -3.31. The van der Waals surface area contributed by atoms with Crippen LogP contribution in [-0.4, -0.2) is 16.2 Å². The van der Waals surface area contributed by atoms with Crippen molar-refractivity contribution in [1.29, 1.82) is 0 Å². The molecular weight excluding hydrogens is 300 g/mol. The normalized spacial score (nSPS) is 10.5. The molecule has 0 fully saturated rings. The van der Waals surface area contributed by atoms with Gasteiger partial charge < -0.3 is 9.63 Å². The molecule has 0 spiro atoms. The number of halogens is 3. The van der Waals surface area contributed by atoms with Crippen LogP contribution in [0.5, 0.6) is 0 Å². The zero-order valence-electron chi connectivity index (χ0n) is 8.08. The minimum absolute atomic E-state index is 0.0435. The third kappa shape index (κ3) is 2.19. The van der Waals surface area contributed by atoms with Gasteiger partial charge >= 0.3 is 5.97 Å². The van der Waals surface area contributed by atoms with Gasteiger partial charge in [0.05, 0.1) is 4.47 Å². The van der Waals surface area contributed by atoms with E-state index >= 15 is 0 Å². The Morgan fingerprint density at radius 1 is 1.35 bits per heavy atom. The topological polar surface area (TPSA) is 63.3 Å². The summed E-state index contributed by atoms with van der Waals surface area (Å²) in [6.45, 7) is 0. The Morgan fingerprint density at radius 2 is 2.06 bits per heavy atom. The number of aromatic nitrogens is 1. The van der Waals surface area contributed by atoms with Crippen molar-refractivity contribution in [2.24, 2.45) is 0 Å². The molecule has 2 rings (SSSR count). The number of carbonyl (C=O) groups is 1. The van der Waals surface area contributed by atoms with E-state index in [0.717, 1.165) is 12.1 Å². The van der Waals surface area contributed by atoms with Gasteiger partial charge in [-0.1, -0.05) is 5.16 Å². The zero-order valence-corrected chi connectivity index (χ0v) is 9.66. The molecule has 1 N–H and O–H groups in total. The molecule has 4 nitrogen and oxygen atoms in total. The number of carboxylic acid groups (broad SMARTS) is 1. The van der Waals surface area contributed by atoms with Crippen LogP contribution in [0, 0.1) is 11.6 Å². The molecule has 1 heterocycles. The van der Waals surface area contributed by atoms with E-state index in [1.807, 2.05) is 0 Å². The first-order chi connectivity index (χ1) is 7.99. The second-order valence-electron chi connectivity index (χ2n) is 3.14. The first-order valence-corrected chi connectivity index (χ1v) is 5.13. The van der Waals surface area contributed by atoms with Gasteiger partial charge in [-0.05, 0) is 28.1 Å². The molecule has 1 aromatic carbocycles. The van der Waals surface area contributed by atoms with Crippen molar-refractivity contribution in [3.63, 3.8) is 0 Å². The number of hydrogen-bond acceptors (Lipinski definition) is 3. The Bertz CT molecular complexity index is 574. The van der Waals surface area contributed by atoms with Gasteiger partial charge in [0.1, 0.15) is 0 Å². The highest BCUT2D eigenvalue weighted by Gasteiger charge is 2.15. The molecule has 2 aromatic rings. The highest BCUT2D eigenvalue weighted by Crippen LogP contribution is 2.27. The SMILES string of the molecule is O=C(O)c1cc(-c2cc(F)c(F)c(Br)c2)on1. The van der Waals surface area contributed by atoms with Crippen molar-refractivity contribution in [2.75, 3.05) is 0 Å². The van der Waals surface area contributed by atoms with Crippen LogP contribution in [0.2, 0.25) is 0 Å². The number of nitrogens with zero attached hydrogens (tertiary/aromatic N) is 1. The van der Waals surface area contributed by atoms with E-state index in [0.29, 0.717) is 0 Å². The lowest BCUT2D eigenvalue weighted by Gasteiger charge is -1.99. The minimum atomic E-state index is -1.26. The third-order valence-corrected chi connectivity index (χ3v) is 2.57. The van der Waals surface area contributed by atoms with Crippen LogP contribution in [0.4, 0.5) is 8.78 Å². The summed E-state index contributed by atoms with van der Waals surface area (Å²) in [5, 5.41) is 11.9. The Morgan fingerprint density at radius 3 is 2.59 bits per heavy atom. The summed E-state index contributed by atoms with van der Waals surface area (Å²) in [6, 6.07) is 3.29. The van der Waals surface area contributed by atoms with Crippen molar-refractivity contribution in [2.45, 2.75) is 0 Å². The fraction of sp³-hybridized carbons (Fsp3) is 0. The van der Waals surface area contributed by atoms with Crippen LogP contribution in [0.3, 0.4) is 0 Å². The van der Waals surface area contributed by atoms with Gasteiger partial charge in [-0.3, -0.25) is 0 Å². The molecule has 0 unspecified atom stereocenters. The van der Waals surface area contributed by atoms with Crippen LogP contribution < -0.4 is 0 Å². The molecule has 1 aromatic heterocycles. The first kappa shape index (κ1) is 11.7. The average Bonchev–Trinajstić information content (AvgIpc) is 2.74. The number of hydrogen-bond donors (Lipinski definition) is 1. The second-order valence-corrected chi connectivity index (χ2v) is 3.99. The van der Waals surface area contributed by atoms with Crippen molar-refractivity contribution >= 4 is 21.9 Å². The van der Waals surface area contributed by atoms with E-state index < -0.39 is 17.6 Å². The van der Waals surface area contributed by atoms with Gasteiger partial charge in [0.15, 0.2) is 23.1 Å². The van der Waals surface area contributed by atoms with Crippen molar-refractivity contribution in [3.8, 4) is 11.3 Å². The van der Waals surface area contributed by atoms with Gasteiger partial charge in [0, 0.05) is 11.6 Å². The summed E-state index contributed by atoms with van der Waals surface area (Å²) < 4.78 is 30.7. The maximum atomic E-state index is 13.1. The largest absolute Gasteiger partial charge is 0.476 e. The van der Waals surface area contributed by atoms with E-state index in [1.165, 1.54) is 6.07 Å². The summed E-state index contributed by atoms with van der Waals surface area (Å²) in [4.78, 5) is 10.6. The standard InChI is InChI=1S/C10H4BrF2NO3/c11-5-1-4(2-6(12)9(5)13)8-3-7(10(15)16)14-17-8/h1-3H,(H,15,16). The summed E-state index contributed by atoms with van der Waals surface area (Å²) in [7, 11) is 0. The molecule has 0 saturated carbocycles. The molecule has 0 radical (unpaired) electrons. The maximum absolute atomic E-state index is 13.1.